The highest BCUT2D eigenvalue weighted by Gasteiger charge is 2.35. The Kier molecular flexibility index (Phi) is 25.9. The maximum absolute atomic E-state index is 12.8. The van der Waals surface area contributed by atoms with E-state index in [0.717, 1.165) is 98.5 Å². The molecule has 0 aliphatic heterocycles. The van der Waals surface area contributed by atoms with E-state index in [0.29, 0.717) is 52.6 Å². The van der Waals surface area contributed by atoms with Crippen LogP contribution in [0, 0.1) is 5.92 Å². The number of Topliss-reactive ketones (excluding diaryl/α,β-unsaturated/α-hetero) is 1. The second-order valence-corrected chi connectivity index (χ2v) is 17.5. The molecule has 360 valence electrons. The molecule has 2 aliphatic carbocycles. The highest BCUT2D eigenvalue weighted by Crippen LogP contribution is 2.39. The summed E-state index contributed by atoms with van der Waals surface area (Å²) in [6, 6.07) is 12.9. The SMILES string of the molecule is CCCC(N)=S.CCN(CC)c1ccc(C=O)c(O)c1.CCOC(=O)C1CCCC(Br)C1=O.CCOC(=O)C1CCCc2sc(-c3cc4ccc(N(CC)CC)cc4oc3=O)nc21.O=C=O. The number of anilines is 2. The van der Waals surface area contributed by atoms with E-state index in [2.05, 4.69) is 58.7 Å². The summed E-state index contributed by atoms with van der Waals surface area (Å²) in [7, 11) is 0. The lowest BCUT2D eigenvalue weighted by Crippen LogP contribution is -2.35. The Morgan fingerprint density at radius 1 is 0.894 bits per heavy atom. The molecule has 0 amide bonds. The number of carbonyl (C=O) groups is 4. The highest BCUT2D eigenvalue weighted by atomic mass is 79.9. The fourth-order valence-corrected chi connectivity index (χ4v) is 9.20. The average molecular weight is 1020 g/mol. The van der Waals surface area contributed by atoms with E-state index in [1.54, 1.807) is 26.0 Å². The van der Waals surface area contributed by atoms with Crippen molar-refractivity contribution in [3.63, 3.8) is 0 Å². The Morgan fingerprint density at radius 3 is 1.97 bits per heavy atom. The van der Waals surface area contributed by atoms with E-state index in [-0.39, 0.29) is 40.4 Å². The Morgan fingerprint density at radius 2 is 1.45 bits per heavy atom. The fraction of sp³-hybridized carbons (Fsp3) is 0.500. The molecule has 1 fully saturated rings. The number of fused-ring (bicyclic) bond motifs is 2. The van der Waals surface area contributed by atoms with Gasteiger partial charge in [-0.1, -0.05) is 41.5 Å². The fourth-order valence-electron chi connectivity index (χ4n) is 7.18. The monoisotopic (exact) mass is 1010 g/mol. The number of thiazole rings is 1. The minimum Gasteiger partial charge on any atom is -0.507 e. The average Bonchev–Trinajstić information content (AvgIpc) is 3.74. The molecular weight excluding hydrogens is 953 g/mol. The van der Waals surface area contributed by atoms with E-state index < -0.39 is 11.5 Å². The van der Waals surface area contributed by atoms with Crippen LogP contribution in [-0.4, -0.2) is 89.5 Å². The van der Waals surface area contributed by atoms with E-state index in [1.165, 1.54) is 11.3 Å². The number of phenols is 1. The zero-order chi connectivity index (χ0) is 49.3. The molecule has 0 spiro atoms. The summed E-state index contributed by atoms with van der Waals surface area (Å²) in [4.78, 5) is 85.2. The van der Waals surface area contributed by atoms with Gasteiger partial charge in [-0.3, -0.25) is 19.2 Å². The molecule has 2 aliphatic rings. The molecule has 3 N–H and O–H groups in total. The number of nitrogens with two attached hydrogens (primary N) is 1. The zero-order valence-electron chi connectivity index (χ0n) is 38.9. The molecule has 0 radical (unpaired) electrons. The van der Waals surface area contributed by atoms with Crippen LogP contribution in [0.2, 0.25) is 0 Å². The van der Waals surface area contributed by atoms with Gasteiger partial charge < -0.3 is 34.5 Å². The van der Waals surface area contributed by atoms with Gasteiger partial charge in [-0.05, 0) is 117 Å². The number of rotatable bonds is 14. The lowest BCUT2D eigenvalue weighted by molar-refractivity contribution is -0.191. The smallest absolute Gasteiger partial charge is 0.373 e. The number of aromatic hydroxyl groups is 1. The quantitative estimate of drug-likeness (QED) is 0.0301. The number of hydrogen-bond donors (Lipinski definition) is 2. The summed E-state index contributed by atoms with van der Waals surface area (Å²) in [6.07, 6.45) is 7.74. The predicted molar refractivity (Wildman–Crippen MR) is 265 cm³/mol. The van der Waals surface area contributed by atoms with E-state index in [4.69, 9.17) is 34.2 Å². The van der Waals surface area contributed by atoms with Gasteiger partial charge in [-0.15, -0.1) is 11.3 Å². The van der Waals surface area contributed by atoms with Gasteiger partial charge in [0.2, 0.25) is 0 Å². The molecular formula is C48H63BrN4O11S2. The summed E-state index contributed by atoms with van der Waals surface area (Å²) in [5.74, 6) is -1.45. The lowest BCUT2D eigenvalue weighted by atomic mass is 9.88. The van der Waals surface area contributed by atoms with Gasteiger partial charge in [0, 0.05) is 59.9 Å². The van der Waals surface area contributed by atoms with E-state index in [1.807, 2.05) is 44.2 Å². The third kappa shape index (κ3) is 16.9. The standard InChI is InChI=1S/C23H26N2O4S.C11H15NO2.C9H13BrO3.C4H9NS.CO2/c1-4-25(5-2)15-11-10-14-12-17(23(27)29-18(14)13-15)21-24-20-16(22(26)28-6-3)8-7-9-19(20)30-21;1-3-12(4-2)10-6-5-9(8-13)11(14)7-10;1-2-13-9(12)6-4-3-5-7(10)8(6)11;1-2-3-4(5)6;2-1-3/h10-13,16H,4-9H2,1-3H3;5-8,14H,3-4H2,1-2H3;6-7H,2-5H2,1H3;2-3H2,1H3,(H2,5,6);. The predicted octanol–water partition coefficient (Wildman–Crippen LogP) is 8.97. The molecule has 2 aromatic carbocycles. The summed E-state index contributed by atoms with van der Waals surface area (Å²) >= 11 is 9.31. The van der Waals surface area contributed by atoms with Crippen LogP contribution in [0.1, 0.15) is 120 Å². The maximum Gasteiger partial charge on any atom is 0.373 e. The molecule has 15 nitrogen and oxygen atoms in total. The van der Waals surface area contributed by atoms with Gasteiger partial charge in [0.15, 0.2) is 12.1 Å². The second kappa shape index (κ2) is 30.1. The lowest BCUT2D eigenvalue weighted by Gasteiger charge is -2.22. The van der Waals surface area contributed by atoms with Crippen LogP contribution >= 0.6 is 39.5 Å². The van der Waals surface area contributed by atoms with Gasteiger partial charge in [0.25, 0.3) is 0 Å². The van der Waals surface area contributed by atoms with Crippen molar-refractivity contribution in [2.75, 3.05) is 49.2 Å². The van der Waals surface area contributed by atoms with Crippen molar-refractivity contribution in [2.45, 2.75) is 111 Å². The number of benzene rings is 2. The summed E-state index contributed by atoms with van der Waals surface area (Å²) in [5.41, 5.74) is 8.81. The molecule has 3 unspecified atom stereocenters. The van der Waals surface area contributed by atoms with E-state index >= 15 is 0 Å². The Hall–Kier alpha value is -5.29. The number of phenolic OH excluding ortho intramolecular Hbond substituents is 1. The summed E-state index contributed by atoms with van der Waals surface area (Å²) in [6.45, 7) is 18.1. The van der Waals surface area contributed by atoms with Gasteiger partial charge in [0.05, 0.1) is 39.9 Å². The summed E-state index contributed by atoms with van der Waals surface area (Å²) < 4.78 is 15.7. The molecule has 3 atom stereocenters. The molecule has 0 bridgehead atoms. The first-order valence-electron chi connectivity index (χ1n) is 22.3. The Bertz CT molecular complexity index is 2300. The third-order valence-corrected chi connectivity index (χ3v) is 12.8. The van der Waals surface area contributed by atoms with Crippen molar-refractivity contribution in [1.29, 1.82) is 0 Å². The number of aromatic nitrogens is 1. The molecule has 2 aromatic heterocycles. The van der Waals surface area contributed by atoms with Crippen LogP contribution in [0.25, 0.3) is 21.5 Å². The van der Waals surface area contributed by atoms with Crippen molar-refractivity contribution in [2.24, 2.45) is 11.7 Å². The normalized spacial score (nSPS) is 15.8. The van der Waals surface area contributed by atoms with Crippen LogP contribution in [0.3, 0.4) is 0 Å². The van der Waals surface area contributed by atoms with Crippen LogP contribution < -0.4 is 21.2 Å². The minimum absolute atomic E-state index is 0.0234. The third-order valence-electron chi connectivity index (χ3n) is 10.5. The van der Waals surface area contributed by atoms with Crippen LogP contribution in [0.5, 0.6) is 5.75 Å². The van der Waals surface area contributed by atoms with Crippen molar-refractivity contribution in [3.8, 4) is 16.3 Å². The topological polar surface area (TPSA) is 217 Å². The van der Waals surface area contributed by atoms with Gasteiger partial charge >= 0.3 is 23.7 Å². The van der Waals surface area contributed by atoms with Crippen LogP contribution in [0.15, 0.2) is 51.7 Å². The number of ether oxygens (including phenoxy) is 2. The van der Waals surface area contributed by atoms with Crippen molar-refractivity contribution in [3.05, 3.63) is 69.0 Å². The highest BCUT2D eigenvalue weighted by molar-refractivity contribution is 9.10. The van der Waals surface area contributed by atoms with E-state index in [9.17, 15) is 29.1 Å². The number of nitrogens with zero attached hydrogens (tertiary/aromatic N) is 3. The Labute approximate surface area is 404 Å². The number of alkyl halides is 1. The first-order valence-corrected chi connectivity index (χ1v) is 24.4. The van der Waals surface area contributed by atoms with Gasteiger partial charge in [-0.25, -0.2) is 9.78 Å². The number of aryl methyl sites for hydroxylation is 1. The zero-order valence-corrected chi connectivity index (χ0v) is 42.1. The van der Waals surface area contributed by atoms with Crippen molar-refractivity contribution >= 4 is 97.0 Å². The number of halogens is 1. The number of ketones is 1. The van der Waals surface area contributed by atoms with Gasteiger partial charge in [-0.2, -0.15) is 9.59 Å². The number of esters is 2. The minimum atomic E-state index is -0.530. The Balaban J connectivity index is 0.000000345. The largest absolute Gasteiger partial charge is 0.507 e. The number of aldehydes is 1. The maximum atomic E-state index is 12.8. The molecule has 6 rings (SSSR count). The van der Waals surface area contributed by atoms with Crippen molar-refractivity contribution < 1.29 is 47.8 Å². The van der Waals surface area contributed by atoms with Crippen LogP contribution in [-0.2, 0) is 39.9 Å². The van der Waals surface area contributed by atoms with Gasteiger partial charge in [0.1, 0.15) is 28.2 Å². The first kappa shape index (κ1) is 56.8. The van der Waals surface area contributed by atoms with Crippen molar-refractivity contribution in [1.82, 2.24) is 4.98 Å². The molecule has 1 saturated carbocycles. The summed E-state index contributed by atoms with van der Waals surface area (Å²) in [5, 5.41) is 10.9. The molecule has 0 saturated heterocycles. The molecule has 18 heteroatoms. The molecule has 4 aromatic rings. The number of hydrogen-bond acceptors (Lipinski definition) is 16. The molecule has 66 heavy (non-hydrogen) atoms. The number of carbonyl (C=O) groups excluding carboxylic acids is 6. The first-order chi connectivity index (χ1) is 31.6. The number of thiocarbonyl (C=S) groups is 1. The molecule has 2 heterocycles. The second-order valence-electron chi connectivity index (χ2n) is 14.8. The van der Waals surface area contributed by atoms with Crippen LogP contribution in [0.4, 0.5) is 11.4 Å².